The number of allylic oxidation sites excluding steroid dienone is 1. The number of ketones is 1. The van der Waals surface area contributed by atoms with Gasteiger partial charge in [0.2, 0.25) is 5.96 Å². The number of ether oxygens (including phenoxy) is 5. The number of Topliss-reactive ketones (excluding diaryl/α,β-unsaturated/α-hetero) is 1. The van der Waals surface area contributed by atoms with Gasteiger partial charge in [-0.15, -0.1) is 0 Å². The molecule has 0 aliphatic carbocycles. The van der Waals surface area contributed by atoms with E-state index in [-0.39, 0.29) is 33.1 Å². The van der Waals surface area contributed by atoms with Crippen molar-refractivity contribution >= 4 is 97.4 Å². The number of esters is 4. The Morgan fingerprint density at radius 2 is 1.45 bits per heavy atom. The molecule has 1 N–H and O–H groups in total. The number of hydrogen-bond donors (Lipinski definition) is 1. The highest BCUT2D eigenvalue weighted by Crippen LogP contribution is 2.36. The summed E-state index contributed by atoms with van der Waals surface area (Å²) >= 11 is 16.0. The van der Waals surface area contributed by atoms with Gasteiger partial charge in [-0.3, -0.25) is 24.5 Å². The topological polar surface area (TPSA) is 202 Å². The number of fused-ring (bicyclic) bond motifs is 1. The Labute approximate surface area is 333 Å². The standard InChI is InChI=1S/C36H36BrCl2N5O11/c1-7-17(2)31(46)22-8-11-25(29(39)28(22)38)51-16-26(45)52-19(4)33(48)54-21(6)35(50)55-20(5)34(49)53-18(3)32(47)44(36-42-14-15-43-36)24-10-9-23-30(27(24)37)41-13-12-40-23/h8-13,18-21H,2,7,14-16H2,1,3-6H3,(H,42,43). The molecule has 16 nitrogen and oxygen atoms in total. The summed E-state index contributed by atoms with van der Waals surface area (Å²) in [6.45, 7) is 10.6. The minimum atomic E-state index is -1.54. The fourth-order valence-corrected chi connectivity index (χ4v) is 5.84. The van der Waals surface area contributed by atoms with E-state index in [1.165, 1.54) is 57.1 Å². The monoisotopic (exact) mass is 863 g/mol. The van der Waals surface area contributed by atoms with Crippen LogP contribution in [0.5, 0.6) is 5.75 Å². The lowest BCUT2D eigenvalue weighted by Gasteiger charge is -2.27. The van der Waals surface area contributed by atoms with Crippen molar-refractivity contribution in [3.63, 3.8) is 0 Å². The second-order valence-corrected chi connectivity index (χ2v) is 13.4. The van der Waals surface area contributed by atoms with E-state index in [9.17, 15) is 28.8 Å². The first-order chi connectivity index (χ1) is 26.0. The highest BCUT2D eigenvalue weighted by molar-refractivity contribution is 9.10. The highest BCUT2D eigenvalue weighted by Gasteiger charge is 2.34. The summed E-state index contributed by atoms with van der Waals surface area (Å²) in [5, 5.41) is 2.83. The molecule has 2 aromatic carbocycles. The predicted molar refractivity (Wildman–Crippen MR) is 203 cm³/mol. The van der Waals surface area contributed by atoms with E-state index >= 15 is 0 Å². The summed E-state index contributed by atoms with van der Waals surface area (Å²) in [6, 6.07) is 6.04. The lowest BCUT2D eigenvalue weighted by molar-refractivity contribution is -0.183. The van der Waals surface area contributed by atoms with Gasteiger partial charge < -0.3 is 29.0 Å². The molecule has 4 atom stereocenters. The van der Waals surface area contributed by atoms with Crippen molar-refractivity contribution in [3.8, 4) is 5.75 Å². The zero-order chi connectivity index (χ0) is 40.6. The number of halogens is 3. The molecule has 4 unspecified atom stereocenters. The second kappa shape index (κ2) is 19.0. The first-order valence-electron chi connectivity index (χ1n) is 16.7. The van der Waals surface area contributed by atoms with Crippen LogP contribution in [-0.4, -0.2) is 95.6 Å². The Morgan fingerprint density at radius 1 is 0.855 bits per heavy atom. The fourth-order valence-electron chi connectivity index (χ4n) is 4.76. The Kier molecular flexibility index (Phi) is 14.7. The van der Waals surface area contributed by atoms with Gasteiger partial charge >= 0.3 is 23.9 Å². The van der Waals surface area contributed by atoms with Crippen molar-refractivity contribution in [3.05, 3.63) is 68.9 Å². The number of anilines is 1. The van der Waals surface area contributed by atoms with Gasteiger partial charge in [0.15, 0.2) is 36.8 Å². The Morgan fingerprint density at radius 3 is 2.05 bits per heavy atom. The Bertz CT molecular complexity index is 2060. The van der Waals surface area contributed by atoms with E-state index in [1.807, 2.05) is 0 Å². The van der Waals surface area contributed by atoms with Crippen LogP contribution in [0.1, 0.15) is 51.4 Å². The number of carbonyl (C=O) groups excluding carboxylic acids is 6. The van der Waals surface area contributed by atoms with Crippen molar-refractivity contribution in [1.29, 1.82) is 0 Å². The number of guanidine groups is 1. The molecule has 1 aliphatic rings. The molecule has 19 heteroatoms. The van der Waals surface area contributed by atoms with Crippen molar-refractivity contribution in [2.45, 2.75) is 65.5 Å². The quantitative estimate of drug-likeness (QED) is 0.0931. The highest BCUT2D eigenvalue weighted by atomic mass is 79.9. The van der Waals surface area contributed by atoms with Gasteiger partial charge in [0.25, 0.3) is 5.91 Å². The van der Waals surface area contributed by atoms with E-state index in [0.29, 0.717) is 46.3 Å². The molecule has 4 rings (SSSR count). The van der Waals surface area contributed by atoms with Gasteiger partial charge in [-0.1, -0.05) is 36.7 Å². The van der Waals surface area contributed by atoms with E-state index in [2.05, 4.69) is 42.8 Å². The van der Waals surface area contributed by atoms with Crippen LogP contribution in [0.4, 0.5) is 5.69 Å². The number of aromatic nitrogens is 2. The molecule has 55 heavy (non-hydrogen) atoms. The zero-order valence-corrected chi connectivity index (χ0v) is 33.3. The number of nitrogens with zero attached hydrogens (tertiary/aromatic N) is 4. The molecule has 3 aromatic rings. The third-order valence-corrected chi connectivity index (χ3v) is 9.45. The lowest BCUT2D eigenvalue weighted by atomic mass is 10.0. The Balaban J connectivity index is 1.28. The molecule has 0 saturated heterocycles. The number of rotatable bonds is 15. The van der Waals surface area contributed by atoms with Crippen LogP contribution >= 0.6 is 39.1 Å². The normalized spacial score (nSPS) is 14.3. The fraction of sp³-hybridized carbons (Fsp3) is 0.361. The van der Waals surface area contributed by atoms with Gasteiger partial charge in [-0.2, -0.15) is 0 Å². The van der Waals surface area contributed by atoms with Crippen LogP contribution in [-0.2, 0) is 42.9 Å². The van der Waals surface area contributed by atoms with Gasteiger partial charge in [0.05, 0.1) is 27.2 Å². The minimum absolute atomic E-state index is 0.0221. The molecule has 0 spiro atoms. The average molecular weight is 866 g/mol. The van der Waals surface area contributed by atoms with Gasteiger partial charge in [-0.25, -0.2) is 24.1 Å². The zero-order valence-electron chi connectivity index (χ0n) is 30.2. The molecule has 292 valence electrons. The van der Waals surface area contributed by atoms with Crippen LogP contribution in [0.3, 0.4) is 0 Å². The number of amides is 1. The first-order valence-corrected chi connectivity index (χ1v) is 18.3. The van der Waals surface area contributed by atoms with Crippen LogP contribution in [0.25, 0.3) is 11.0 Å². The molecule has 0 fully saturated rings. The smallest absolute Gasteiger partial charge is 0.347 e. The van der Waals surface area contributed by atoms with Gasteiger partial charge in [0.1, 0.15) is 16.3 Å². The maximum Gasteiger partial charge on any atom is 0.347 e. The molecule has 0 bridgehead atoms. The molecule has 1 amide bonds. The van der Waals surface area contributed by atoms with Crippen LogP contribution in [0, 0.1) is 0 Å². The molecule has 1 aliphatic heterocycles. The molecule has 1 aromatic heterocycles. The van der Waals surface area contributed by atoms with Gasteiger partial charge in [0, 0.05) is 24.5 Å². The van der Waals surface area contributed by atoms with Crippen LogP contribution in [0.2, 0.25) is 10.0 Å². The predicted octanol–water partition coefficient (Wildman–Crippen LogP) is 4.95. The van der Waals surface area contributed by atoms with E-state index < -0.39 is 60.8 Å². The summed E-state index contributed by atoms with van der Waals surface area (Å²) in [4.78, 5) is 90.9. The van der Waals surface area contributed by atoms with Crippen LogP contribution in [0.15, 0.2) is 58.3 Å². The summed E-state index contributed by atoms with van der Waals surface area (Å²) in [5.41, 5.74) is 1.87. The number of aliphatic imine (C=N–C) groups is 1. The summed E-state index contributed by atoms with van der Waals surface area (Å²) in [6.07, 6.45) is -2.48. The molecule has 2 heterocycles. The van der Waals surface area contributed by atoms with Crippen molar-refractivity contribution in [2.24, 2.45) is 4.99 Å². The molecular weight excluding hydrogens is 829 g/mol. The second-order valence-electron chi connectivity index (χ2n) is 11.8. The number of benzene rings is 2. The maximum absolute atomic E-state index is 13.7. The van der Waals surface area contributed by atoms with E-state index in [0.717, 1.165) is 0 Å². The van der Waals surface area contributed by atoms with E-state index in [1.54, 1.807) is 19.1 Å². The summed E-state index contributed by atoms with van der Waals surface area (Å²) in [7, 11) is 0. The number of carbonyl (C=O) groups is 6. The summed E-state index contributed by atoms with van der Waals surface area (Å²) in [5.74, 6) is -5.14. The first kappa shape index (κ1) is 42.6. The minimum Gasteiger partial charge on any atom is -0.480 e. The molecule has 0 radical (unpaired) electrons. The molecule has 0 saturated carbocycles. The Hall–Kier alpha value is -5.13. The third kappa shape index (κ3) is 10.3. The largest absolute Gasteiger partial charge is 0.480 e. The number of nitrogens with one attached hydrogen (secondary N) is 1. The number of hydrogen-bond acceptors (Lipinski definition) is 15. The van der Waals surface area contributed by atoms with Crippen LogP contribution < -0.4 is 15.0 Å². The lowest BCUT2D eigenvalue weighted by Crippen LogP contribution is -2.49. The van der Waals surface area contributed by atoms with Crippen molar-refractivity contribution in [2.75, 3.05) is 24.6 Å². The van der Waals surface area contributed by atoms with Crippen molar-refractivity contribution in [1.82, 2.24) is 15.3 Å². The summed E-state index contributed by atoms with van der Waals surface area (Å²) < 4.78 is 26.4. The average Bonchev–Trinajstić information content (AvgIpc) is 3.70. The molecular formula is C36H36BrCl2N5O11. The SMILES string of the molecule is C=C(CC)C(=O)c1ccc(OCC(=O)OC(C)C(=O)OC(C)C(=O)OC(C)C(=O)OC(C)C(=O)N(C2=NCCN2)c2ccc3nccnc3c2Br)c(Cl)c1Cl. The third-order valence-electron chi connectivity index (χ3n) is 7.80. The van der Waals surface area contributed by atoms with Gasteiger partial charge in [-0.05, 0) is 79.9 Å². The maximum atomic E-state index is 13.7. The van der Waals surface area contributed by atoms with E-state index in [4.69, 9.17) is 46.9 Å². The van der Waals surface area contributed by atoms with Crippen molar-refractivity contribution < 1.29 is 52.5 Å².